The van der Waals surface area contributed by atoms with Crippen LogP contribution in [-0.4, -0.2) is 25.8 Å². The van der Waals surface area contributed by atoms with Gasteiger partial charge in [0.15, 0.2) is 0 Å². The first kappa shape index (κ1) is 24.0. The molecule has 0 spiro atoms. The molecule has 0 atom stereocenters. The molecule has 3 N–H and O–H groups in total. The van der Waals surface area contributed by atoms with Crippen molar-refractivity contribution in [1.82, 2.24) is 14.8 Å². The molecule has 1 aliphatic rings. The van der Waals surface area contributed by atoms with Crippen molar-refractivity contribution in [2.75, 3.05) is 5.73 Å². The molecule has 2 heterocycles. The van der Waals surface area contributed by atoms with Gasteiger partial charge in [-0.25, -0.2) is 4.98 Å². The average Bonchev–Trinajstić information content (AvgIpc) is 3.31. The first-order valence-electron chi connectivity index (χ1n) is 13.1. The predicted octanol–water partition coefficient (Wildman–Crippen LogP) is 6.55. The summed E-state index contributed by atoms with van der Waals surface area (Å²) in [6.45, 7) is 0.255. The monoisotopic (exact) mass is 506 g/mol. The van der Waals surface area contributed by atoms with Crippen molar-refractivity contribution in [1.29, 1.82) is 0 Å². The van der Waals surface area contributed by atoms with Crippen LogP contribution in [0, 0.1) is 0 Å². The fourth-order valence-corrected chi connectivity index (χ4v) is 5.57. The van der Waals surface area contributed by atoms with Gasteiger partial charge in [-0.3, -0.25) is 9.48 Å². The van der Waals surface area contributed by atoms with Crippen LogP contribution < -0.4 is 10.5 Å². The fraction of sp³-hybridized carbons (Fsp3) is 0.258. The Balaban J connectivity index is 1.40. The fourth-order valence-electron chi connectivity index (χ4n) is 5.57. The molecule has 3 aromatic carbocycles. The van der Waals surface area contributed by atoms with Gasteiger partial charge in [-0.15, -0.1) is 0 Å². The van der Waals surface area contributed by atoms with Crippen molar-refractivity contribution in [2.24, 2.45) is 0 Å². The molecule has 5 aromatic rings. The number of aliphatic carboxylic acids is 1. The van der Waals surface area contributed by atoms with Crippen LogP contribution in [0.25, 0.3) is 32.8 Å². The Hall–Kier alpha value is -4.39. The van der Waals surface area contributed by atoms with Crippen molar-refractivity contribution in [3.63, 3.8) is 0 Å². The number of hydrogen-bond acceptors (Lipinski definition) is 5. The van der Waals surface area contributed by atoms with Crippen molar-refractivity contribution in [3.8, 4) is 16.9 Å². The molecule has 1 fully saturated rings. The zero-order chi connectivity index (χ0) is 26.1. The van der Waals surface area contributed by atoms with E-state index >= 15 is 0 Å². The summed E-state index contributed by atoms with van der Waals surface area (Å²) < 4.78 is 8.37. The molecule has 38 heavy (non-hydrogen) atoms. The largest absolute Gasteiger partial charge is 0.487 e. The number of anilines is 1. The number of nitrogen functional groups attached to an aromatic ring is 1. The van der Waals surface area contributed by atoms with Gasteiger partial charge in [0, 0.05) is 22.5 Å². The highest BCUT2D eigenvalue weighted by molar-refractivity contribution is 5.95. The number of fused-ring (bicyclic) bond motifs is 2. The summed E-state index contributed by atoms with van der Waals surface area (Å²) in [4.78, 5) is 15.6. The van der Waals surface area contributed by atoms with Gasteiger partial charge in [-0.05, 0) is 59.7 Å². The molecule has 6 rings (SSSR count). The third-order valence-corrected chi connectivity index (χ3v) is 7.51. The number of hydrogen-bond donors (Lipinski definition) is 2. The third-order valence-electron chi connectivity index (χ3n) is 7.51. The summed E-state index contributed by atoms with van der Waals surface area (Å²) in [5.74, 6) is 0.206. The zero-order valence-corrected chi connectivity index (χ0v) is 21.1. The summed E-state index contributed by atoms with van der Waals surface area (Å²) in [5, 5.41) is 17.4. The summed E-state index contributed by atoms with van der Waals surface area (Å²) in [6.07, 6.45) is 7.59. The highest BCUT2D eigenvalue weighted by Gasteiger charge is 2.21. The third kappa shape index (κ3) is 4.67. The molecule has 0 bridgehead atoms. The van der Waals surface area contributed by atoms with E-state index in [2.05, 4.69) is 46.1 Å². The highest BCUT2D eigenvalue weighted by atomic mass is 16.5. The minimum absolute atomic E-state index is 0.0858. The number of benzene rings is 3. The average molecular weight is 507 g/mol. The van der Waals surface area contributed by atoms with E-state index in [9.17, 15) is 9.90 Å². The lowest BCUT2D eigenvalue weighted by molar-refractivity contribution is -0.136. The van der Waals surface area contributed by atoms with E-state index in [-0.39, 0.29) is 13.0 Å². The normalized spacial score (nSPS) is 14.2. The minimum atomic E-state index is -0.885. The Morgan fingerprint density at radius 3 is 2.55 bits per heavy atom. The van der Waals surface area contributed by atoms with Gasteiger partial charge >= 0.3 is 5.97 Å². The number of carbonyl (C=O) groups is 1. The maximum atomic E-state index is 11.3. The number of nitrogens with zero attached hydrogens (tertiary/aromatic N) is 3. The molecule has 1 saturated carbocycles. The predicted molar refractivity (Wildman–Crippen MR) is 149 cm³/mol. The molecule has 7 heteroatoms. The number of pyridine rings is 1. The molecule has 192 valence electrons. The minimum Gasteiger partial charge on any atom is -0.487 e. The van der Waals surface area contributed by atoms with Crippen molar-refractivity contribution >= 4 is 33.5 Å². The zero-order valence-electron chi connectivity index (χ0n) is 21.1. The van der Waals surface area contributed by atoms with Crippen molar-refractivity contribution < 1.29 is 14.6 Å². The molecule has 2 aromatic heterocycles. The van der Waals surface area contributed by atoms with Crippen LogP contribution in [0.15, 0.2) is 72.9 Å². The number of aromatic nitrogens is 3. The topological polar surface area (TPSA) is 103 Å². The number of carboxylic acids is 1. The van der Waals surface area contributed by atoms with Crippen LogP contribution in [0.3, 0.4) is 0 Å². The SMILES string of the molecule is Nc1nccc2ccc(-c3ccc4c(c3)c(COc3ccccc3CC(=O)O)nn4C3CCCCC3)cc12. The van der Waals surface area contributed by atoms with E-state index < -0.39 is 5.97 Å². The van der Waals surface area contributed by atoms with E-state index in [1.165, 1.54) is 19.3 Å². The van der Waals surface area contributed by atoms with Crippen LogP contribution in [0.1, 0.15) is 49.4 Å². The van der Waals surface area contributed by atoms with E-state index in [1.54, 1.807) is 12.3 Å². The Labute approximate surface area is 220 Å². The second-order valence-corrected chi connectivity index (χ2v) is 10.0. The molecule has 1 aliphatic carbocycles. The number of ether oxygens (including phenoxy) is 1. The molecular weight excluding hydrogens is 476 g/mol. The summed E-state index contributed by atoms with van der Waals surface area (Å²) in [5.41, 5.74) is 10.9. The molecule has 0 amide bonds. The van der Waals surface area contributed by atoms with Crippen LogP contribution in [-0.2, 0) is 17.8 Å². The standard InChI is InChI=1S/C31H30N4O3/c32-31-25-16-21(11-10-20(25)14-15-33-31)22-12-13-28-26(17-22)27(34-35(28)24-7-2-1-3-8-24)19-38-29-9-5-4-6-23(29)18-30(36)37/h4-6,9-17,24H,1-3,7-8,18-19H2,(H2,32,33)(H,36,37). The van der Waals surface area contributed by atoms with Gasteiger partial charge in [-0.1, -0.05) is 55.7 Å². The Morgan fingerprint density at radius 1 is 0.974 bits per heavy atom. The van der Waals surface area contributed by atoms with E-state index in [4.69, 9.17) is 15.6 Å². The van der Waals surface area contributed by atoms with E-state index in [0.29, 0.717) is 23.2 Å². The van der Waals surface area contributed by atoms with Crippen LogP contribution in [0.4, 0.5) is 5.82 Å². The maximum absolute atomic E-state index is 11.3. The van der Waals surface area contributed by atoms with Gasteiger partial charge in [0.05, 0.1) is 18.0 Å². The smallest absolute Gasteiger partial charge is 0.307 e. The first-order valence-corrected chi connectivity index (χ1v) is 13.1. The van der Waals surface area contributed by atoms with Crippen molar-refractivity contribution in [2.45, 2.75) is 51.2 Å². The summed E-state index contributed by atoms with van der Waals surface area (Å²) in [7, 11) is 0. The molecule has 0 radical (unpaired) electrons. The lowest BCUT2D eigenvalue weighted by atomic mass is 9.95. The van der Waals surface area contributed by atoms with E-state index in [1.807, 2.05) is 24.3 Å². The molecule has 0 aliphatic heterocycles. The Bertz CT molecular complexity index is 1640. The van der Waals surface area contributed by atoms with Gasteiger partial charge in [-0.2, -0.15) is 5.10 Å². The second-order valence-electron chi connectivity index (χ2n) is 10.0. The van der Waals surface area contributed by atoms with Gasteiger partial charge in [0.25, 0.3) is 0 Å². The molecule has 0 unspecified atom stereocenters. The second kappa shape index (κ2) is 10.2. The molecule has 7 nitrogen and oxygen atoms in total. The number of para-hydroxylation sites is 1. The van der Waals surface area contributed by atoms with Gasteiger partial charge in [0.2, 0.25) is 0 Å². The van der Waals surface area contributed by atoms with Gasteiger partial charge in [0.1, 0.15) is 23.9 Å². The van der Waals surface area contributed by atoms with Crippen LogP contribution >= 0.6 is 0 Å². The van der Waals surface area contributed by atoms with Gasteiger partial charge < -0.3 is 15.6 Å². The van der Waals surface area contributed by atoms with Crippen molar-refractivity contribution in [3.05, 3.63) is 84.2 Å². The molecular formula is C31H30N4O3. The summed E-state index contributed by atoms with van der Waals surface area (Å²) >= 11 is 0. The number of carboxylic acid groups (broad SMARTS) is 1. The highest BCUT2D eigenvalue weighted by Crippen LogP contribution is 2.35. The maximum Gasteiger partial charge on any atom is 0.307 e. The Kier molecular flexibility index (Phi) is 6.42. The lowest BCUT2D eigenvalue weighted by Gasteiger charge is -2.22. The first-order chi connectivity index (χ1) is 18.6. The summed E-state index contributed by atoms with van der Waals surface area (Å²) in [6, 6.07) is 22.4. The van der Waals surface area contributed by atoms with Crippen LogP contribution in [0.5, 0.6) is 5.75 Å². The quantitative estimate of drug-likeness (QED) is 0.260. The van der Waals surface area contributed by atoms with Crippen LogP contribution in [0.2, 0.25) is 0 Å². The Morgan fingerprint density at radius 2 is 1.74 bits per heavy atom. The number of nitrogens with two attached hydrogens (primary N) is 1. The number of rotatable bonds is 7. The van der Waals surface area contributed by atoms with E-state index in [0.717, 1.165) is 51.3 Å². The lowest BCUT2D eigenvalue weighted by Crippen LogP contribution is -2.14. The molecule has 0 saturated heterocycles.